The van der Waals surface area contributed by atoms with Crippen LogP contribution < -0.4 is 0 Å². The van der Waals surface area contributed by atoms with E-state index in [4.69, 9.17) is 0 Å². The molecule has 0 rings (SSSR count). The second kappa shape index (κ2) is 4.08. The third-order valence-electron chi connectivity index (χ3n) is 0.941. The van der Waals surface area contributed by atoms with Gasteiger partial charge in [0.2, 0.25) is 6.08 Å². The van der Waals surface area contributed by atoms with Crippen LogP contribution in [0.25, 0.3) is 0 Å². The molecule has 0 amide bonds. The first-order valence-corrected chi connectivity index (χ1v) is 2.70. The van der Waals surface area contributed by atoms with Gasteiger partial charge in [-0.05, 0) is 0 Å². The van der Waals surface area contributed by atoms with E-state index in [1.807, 2.05) is 0 Å². The van der Waals surface area contributed by atoms with E-state index >= 15 is 0 Å². The second-order valence-electron chi connectivity index (χ2n) is 1.78. The highest BCUT2D eigenvalue weighted by molar-refractivity contribution is 5.32. The van der Waals surface area contributed by atoms with Gasteiger partial charge in [-0.1, -0.05) is 0 Å². The van der Waals surface area contributed by atoms with Crippen LogP contribution in [-0.2, 0) is 4.79 Å². The van der Waals surface area contributed by atoms with Gasteiger partial charge < -0.3 is 0 Å². The fourth-order valence-corrected chi connectivity index (χ4v) is 0.360. The zero-order valence-electron chi connectivity index (χ0n) is 5.36. The Hall–Kier alpha value is -0.900. The van der Waals surface area contributed by atoms with Gasteiger partial charge in [0, 0.05) is 6.42 Å². The van der Waals surface area contributed by atoms with Crippen LogP contribution in [0.2, 0.25) is 0 Å². The Bertz CT molecular complexity index is 164. The highest BCUT2D eigenvalue weighted by Gasteiger charge is 2.39. The minimum atomic E-state index is -4.06. The largest absolute Gasteiger partial charge is 0.309 e. The molecule has 11 heavy (non-hydrogen) atoms. The van der Waals surface area contributed by atoms with Crippen molar-refractivity contribution in [3.05, 3.63) is 0 Å². The van der Waals surface area contributed by atoms with E-state index in [1.165, 1.54) is 0 Å². The lowest BCUT2D eigenvalue weighted by Crippen LogP contribution is -2.27. The number of carbonyl (C=O) groups excluding carboxylic acids is 1. The molecule has 0 bridgehead atoms. The predicted octanol–water partition coefficient (Wildman–Crippen LogP) is 1.61. The van der Waals surface area contributed by atoms with Crippen molar-refractivity contribution in [2.24, 2.45) is 4.99 Å². The molecule has 2 nitrogen and oxygen atoms in total. The van der Waals surface area contributed by atoms with Crippen LogP contribution in [0.1, 0.15) is 6.42 Å². The van der Waals surface area contributed by atoms with Crippen molar-refractivity contribution < 1.29 is 22.4 Å². The Kier molecular flexibility index (Phi) is 3.74. The van der Waals surface area contributed by atoms with Crippen LogP contribution in [0.3, 0.4) is 0 Å². The van der Waals surface area contributed by atoms with Crippen LogP contribution in [0.5, 0.6) is 0 Å². The van der Waals surface area contributed by atoms with Crippen LogP contribution in [0.15, 0.2) is 4.99 Å². The van der Waals surface area contributed by atoms with Crippen molar-refractivity contribution in [2.75, 3.05) is 6.54 Å². The second-order valence-corrected chi connectivity index (χ2v) is 1.78. The van der Waals surface area contributed by atoms with Gasteiger partial charge in [-0.25, -0.2) is 27.3 Å². The van der Waals surface area contributed by atoms with E-state index in [2.05, 4.69) is 4.99 Å². The Labute approximate surface area is 59.9 Å². The molecule has 0 unspecified atom stereocenters. The smallest absolute Gasteiger partial charge is 0.211 e. The summed E-state index contributed by atoms with van der Waals surface area (Å²) in [5.74, 6) is -4.06. The topological polar surface area (TPSA) is 29.4 Å². The highest BCUT2D eigenvalue weighted by Crippen LogP contribution is 2.26. The molecule has 0 heterocycles. The number of aliphatic imine (C=N–C) groups is 1. The molecule has 0 aromatic carbocycles. The van der Waals surface area contributed by atoms with E-state index in [1.54, 1.807) is 0 Å². The zero-order valence-corrected chi connectivity index (χ0v) is 5.36. The Morgan fingerprint density at radius 2 is 2.00 bits per heavy atom. The highest BCUT2D eigenvalue weighted by atomic mass is 19.3. The Balaban J connectivity index is 3.81. The summed E-state index contributed by atoms with van der Waals surface area (Å²) in [4.78, 5) is 12.1. The first-order valence-electron chi connectivity index (χ1n) is 2.70. The molecule has 0 atom stereocenters. The molecule has 0 radical (unpaired) electrons. The van der Waals surface area contributed by atoms with Gasteiger partial charge in [0.1, 0.15) is 0 Å². The number of rotatable bonds is 4. The molecule has 0 fully saturated rings. The normalized spacial score (nSPS) is 11.4. The van der Waals surface area contributed by atoms with Crippen molar-refractivity contribution >= 4 is 6.08 Å². The van der Waals surface area contributed by atoms with E-state index < -0.39 is 25.3 Å². The average molecular weight is 171 g/mol. The third kappa shape index (κ3) is 3.72. The summed E-state index contributed by atoms with van der Waals surface area (Å²) in [5, 5.41) is 0. The summed E-state index contributed by atoms with van der Waals surface area (Å²) in [6.07, 6.45) is -3.85. The quantitative estimate of drug-likeness (QED) is 0.359. The maximum Gasteiger partial charge on any atom is 0.309 e. The van der Waals surface area contributed by atoms with Gasteiger partial charge in [-0.15, -0.1) is 0 Å². The van der Waals surface area contributed by atoms with Crippen LogP contribution in [0.4, 0.5) is 17.6 Å². The molecule has 6 heteroatoms. The lowest BCUT2D eigenvalue weighted by Gasteiger charge is -2.12. The lowest BCUT2D eigenvalue weighted by atomic mass is 10.2. The third-order valence-corrected chi connectivity index (χ3v) is 0.941. The van der Waals surface area contributed by atoms with Gasteiger partial charge in [0.05, 0.1) is 6.54 Å². The van der Waals surface area contributed by atoms with Crippen LogP contribution in [0, 0.1) is 0 Å². The molecule has 0 aromatic heterocycles. The monoisotopic (exact) mass is 171 g/mol. The van der Waals surface area contributed by atoms with Gasteiger partial charge in [0.15, 0.2) is 0 Å². The number of nitrogens with zero attached hydrogens (tertiary/aromatic N) is 1. The Morgan fingerprint density at radius 3 is 2.36 bits per heavy atom. The van der Waals surface area contributed by atoms with E-state index in [9.17, 15) is 22.4 Å². The molecule has 0 N–H and O–H groups in total. The minimum Gasteiger partial charge on any atom is -0.211 e. The lowest BCUT2D eigenvalue weighted by molar-refractivity contribution is -0.130. The van der Waals surface area contributed by atoms with Crippen LogP contribution in [-0.4, -0.2) is 25.0 Å². The molecular weight excluding hydrogens is 166 g/mol. The van der Waals surface area contributed by atoms with Gasteiger partial charge >= 0.3 is 12.3 Å². The first kappa shape index (κ1) is 10.1. The van der Waals surface area contributed by atoms with Crippen molar-refractivity contribution in [3.63, 3.8) is 0 Å². The molecular formula is C5H5F4NO. The van der Waals surface area contributed by atoms with E-state index in [0.29, 0.717) is 0 Å². The van der Waals surface area contributed by atoms with Crippen molar-refractivity contribution in [2.45, 2.75) is 18.8 Å². The number of hydrogen-bond acceptors (Lipinski definition) is 2. The molecule has 0 aromatic rings. The summed E-state index contributed by atoms with van der Waals surface area (Å²) >= 11 is 0. The summed E-state index contributed by atoms with van der Waals surface area (Å²) < 4.78 is 46.6. The average Bonchev–Trinajstić information content (AvgIpc) is 1.88. The standard InChI is InChI=1S/C5H5F4NO/c6-4(7)5(8,9)1-2-10-3-11/h4H,1-2H2. The van der Waals surface area contributed by atoms with Crippen molar-refractivity contribution in [3.8, 4) is 0 Å². The van der Waals surface area contributed by atoms with Crippen LogP contribution >= 0.6 is 0 Å². The van der Waals surface area contributed by atoms with E-state index in [-0.39, 0.29) is 0 Å². The fraction of sp³-hybridized carbons (Fsp3) is 0.800. The summed E-state index contributed by atoms with van der Waals surface area (Å²) in [5.41, 5.74) is 0. The number of isocyanates is 1. The van der Waals surface area contributed by atoms with Crippen molar-refractivity contribution in [1.82, 2.24) is 0 Å². The fourth-order valence-electron chi connectivity index (χ4n) is 0.360. The first-order chi connectivity index (χ1) is 5.00. The summed E-state index contributed by atoms with van der Waals surface area (Å²) in [6, 6.07) is 0. The van der Waals surface area contributed by atoms with Gasteiger partial charge in [-0.2, -0.15) is 0 Å². The molecule has 0 aliphatic heterocycles. The molecule has 0 aliphatic rings. The molecule has 64 valence electrons. The van der Waals surface area contributed by atoms with Gasteiger partial charge in [0.25, 0.3) is 0 Å². The molecule has 0 saturated heterocycles. The predicted molar refractivity (Wildman–Crippen MR) is 28.6 cm³/mol. The minimum absolute atomic E-state index is 0.624. The number of hydrogen-bond donors (Lipinski definition) is 0. The maximum atomic E-state index is 11.9. The summed E-state index contributed by atoms with van der Waals surface area (Å²) in [7, 11) is 0. The molecule has 0 aliphatic carbocycles. The number of halogens is 4. The van der Waals surface area contributed by atoms with E-state index in [0.717, 1.165) is 6.08 Å². The number of alkyl halides is 4. The SMILES string of the molecule is O=C=NCCC(F)(F)C(F)F. The summed E-state index contributed by atoms with van der Waals surface area (Å²) in [6.45, 7) is -0.624. The zero-order chi connectivity index (χ0) is 8.91. The molecule has 0 spiro atoms. The molecule has 0 saturated carbocycles. The Morgan fingerprint density at radius 1 is 1.45 bits per heavy atom. The van der Waals surface area contributed by atoms with Crippen molar-refractivity contribution in [1.29, 1.82) is 0 Å². The maximum absolute atomic E-state index is 11.9. The van der Waals surface area contributed by atoms with Gasteiger partial charge in [-0.3, -0.25) is 0 Å².